The van der Waals surface area contributed by atoms with Crippen molar-refractivity contribution in [3.8, 4) is 0 Å². The van der Waals surface area contributed by atoms with Crippen LogP contribution in [-0.2, 0) is 24.1 Å². The molecular formula is C30H40F2N4O7. The maximum Gasteiger partial charge on any atom is 0.259 e. The number of hydrogen-bond acceptors (Lipinski definition) is 8. The molecule has 0 spiro atoms. The van der Waals surface area contributed by atoms with Gasteiger partial charge >= 0.3 is 0 Å². The molecule has 0 saturated heterocycles. The van der Waals surface area contributed by atoms with Gasteiger partial charge < -0.3 is 20.8 Å². The van der Waals surface area contributed by atoms with Crippen molar-refractivity contribution < 1.29 is 43.2 Å². The van der Waals surface area contributed by atoms with E-state index in [-0.39, 0.29) is 25.1 Å². The Balaban J connectivity index is 1.47. The minimum absolute atomic E-state index is 0.195. The average molecular weight is 607 g/mol. The van der Waals surface area contributed by atoms with Gasteiger partial charge in [-0.1, -0.05) is 32.1 Å². The van der Waals surface area contributed by atoms with Gasteiger partial charge in [-0.25, -0.2) is 9.82 Å². The molecule has 11 nitrogen and oxygen atoms in total. The number of alkyl halides is 1. The number of aliphatic hydroxyl groups is 2. The Morgan fingerprint density at radius 2 is 1.84 bits per heavy atom. The van der Waals surface area contributed by atoms with Crippen LogP contribution in [0.25, 0.3) is 0 Å². The van der Waals surface area contributed by atoms with Crippen LogP contribution in [0.5, 0.6) is 0 Å². The average Bonchev–Trinajstić information content (AvgIpc) is 3.15. The SMILES string of the molecule is C=C(C)C(=O)NCC(=O)NCC(=O)N/N=C1/C=CC2(C)C(=C1)CCC1[C@@H]3C[C@@H](C)[C@](O)(C(=O)COF)C3(C)CC(O)[C@@]12F. The van der Waals surface area contributed by atoms with Gasteiger partial charge in [0.2, 0.25) is 11.8 Å². The van der Waals surface area contributed by atoms with Gasteiger partial charge in [-0.05, 0) is 68.0 Å². The number of amides is 3. The number of hydrazone groups is 1. The number of hydrogen-bond donors (Lipinski definition) is 5. The van der Waals surface area contributed by atoms with E-state index in [4.69, 9.17) is 0 Å². The summed E-state index contributed by atoms with van der Waals surface area (Å²) in [6.45, 7) is 8.41. The number of nitrogens with zero attached hydrogens (tertiary/aromatic N) is 1. The van der Waals surface area contributed by atoms with E-state index in [0.717, 1.165) is 0 Å². The van der Waals surface area contributed by atoms with E-state index in [1.165, 1.54) is 6.92 Å². The lowest BCUT2D eigenvalue weighted by Crippen LogP contribution is -2.69. The van der Waals surface area contributed by atoms with Crippen molar-refractivity contribution in [2.45, 2.75) is 70.8 Å². The van der Waals surface area contributed by atoms with Gasteiger partial charge in [0, 0.05) is 22.3 Å². The fourth-order valence-electron chi connectivity index (χ4n) is 8.10. The van der Waals surface area contributed by atoms with Gasteiger partial charge in [-0.15, -0.1) is 0 Å². The molecule has 43 heavy (non-hydrogen) atoms. The number of carbonyl (C=O) groups is 4. The van der Waals surface area contributed by atoms with E-state index in [1.807, 2.05) is 0 Å². The van der Waals surface area contributed by atoms with E-state index in [9.17, 15) is 33.9 Å². The molecule has 3 saturated carbocycles. The maximum atomic E-state index is 17.5. The number of ketones is 1. The molecule has 4 aliphatic rings. The number of allylic oxidation sites excluding steroid dienone is 4. The highest BCUT2D eigenvalue weighted by atomic mass is 19.3. The first-order valence-electron chi connectivity index (χ1n) is 14.4. The summed E-state index contributed by atoms with van der Waals surface area (Å²) in [4.78, 5) is 52.0. The molecule has 3 amide bonds. The van der Waals surface area contributed by atoms with Crippen molar-refractivity contribution >= 4 is 29.2 Å². The molecule has 8 atom stereocenters. The summed E-state index contributed by atoms with van der Waals surface area (Å²) in [6.07, 6.45) is 4.24. The summed E-state index contributed by atoms with van der Waals surface area (Å²) in [5.74, 6) is -4.21. The predicted molar refractivity (Wildman–Crippen MR) is 151 cm³/mol. The lowest BCUT2D eigenvalue weighted by atomic mass is 9.44. The molecule has 0 heterocycles. The zero-order valence-electron chi connectivity index (χ0n) is 24.8. The molecule has 0 aromatic rings. The first-order chi connectivity index (χ1) is 20.1. The lowest BCUT2D eigenvalue weighted by Gasteiger charge is -2.62. The lowest BCUT2D eigenvalue weighted by molar-refractivity contribution is -0.223. The molecule has 4 rings (SSSR count). The number of Topliss-reactive ketones (excluding diaryl/α,β-unsaturated/α-hetero) is 1. The number of aliphatic hydroxyl groups excluding tert-OH is 1. The van der Waals surface area contributed by atoms with E-state index in [0.29, 0.717) is 30.5 Å². The highest BCUT2D eigenvalue weighted by Gasteiger charge is 2.75. The Kier molecular flexibility index (Phi) is 8.85. The van der Waals surface area contributed by atoms with Gasteiger partial charge in [-0.3, -0.25) is 19.2 Å². The van der Waals surface area contributed by atoms with Crippen LogP contribution in [0, 0.1) is 28.6 Å². The molecular weight excluding hydrogens is 566 g/mol. The first kappa shape index (κ1) is 32.6. The van der Waals surface area contributed by atoms with Crippen molar-refractivity contribution in [1.29, 1.82) is 0 Å². The quantitative estimate of drug-likeness (QED) is 0.196. The third-order valence-corrected chi connectivity index (χ3v) is 10.4. The van der Waals surface area contributed by atoms with Crippen molar-refractivity contribution in [2.24, 2.45) is 33.7 Å². The Bertz CT molecular complexity index is 1320. The predicted octanol–water partition coefficient (Wildman–Crippen LogP) is 1.52. The molecule has 236 valence electrons. The summed E-state index contributed by atoms with van der Waals surface area (Å²) in [6, 6.07) is 0. The minimum Gasteiger partial charge on any atom is -0.390 e. The molecule has 0 aromatic carbocycles. The molecule has 4 aliphatic carbocycles. The number of carbonyl (C=O) groups excluding carboxylic acids is 4. The van der Waals surface area contributed by atoms with Crippen LogP contribution >= 0.6 is 0 Å². The monoisotopic (exact) mass is 606 g/mol. The summed E-state index contributed by atoms with van der Waals surface area (Å²) in [5.41, 5.74) is -2.89. The number of rotatable bonds is 9. The molecule has 4 unspecified atom stereocenters. The zero-order chi connectivity index (χ0) is 32.0. The topological polar surface area (TPSA) is 166 Å². The molecule has 5 N–H and O–H groups in total. The van der Waals surface area contributed by atoms with E-state index >= 15 is 4.39 Å². The third kappa shape index (κ3) is 5.14. The van der Waals surface area contributed by atoms with Crippen LogP contribution in [0.3, 0.4) is 0 Å². The molecule has 0 bridgehead atoms. The smallest absolute Gasteiger partial charge is 0.259 e. The molecule has 13 heteroatoms. The number of halogens is 2. The second-order valence-corrected chi connectivity index (χ2v) is 12.8. The van der Waals surface area contributed by atoms with E-state index in [1.54, 1.807) is 39.0 Å². The Labute approximate surface area is 248 Å². The second-order valence-electron chi connectivity index (χ2n) is 12.8. The maximum absolute atomic E-state index is 17.5. The van der Waals surface area contributed by atoms with Crippen molar-refractivity contribution in [2.75, 3.05) is 19.7 Å². The Morgan fingerprint density at radius 3 is 2.49 bits per heavy atom. The van der Waals surface area contributed by atoms with Gasteiger partial charge in [0.25, 0.3) is 5.91 Å². The highest BCUT2D eigenvalue weighted by Crippen LogP contribution is 2.70. The van der Waals surface area contributed by atoms with Gasteiger partial charge in [0.05, 0.1) is 24.9 Å². The van der Waals surface area contributed by atoms with Crippen molar-refractivity contribution in [3.63, 3.8) is 0 Å². The normalized spacial score (nSPS) is 38.7. The summed E-state index contributed by atoms with van der Waals surface area (Å²) < 4.78 is 30.1. The van der Waals surface area contributed by atoms with Crippen LogP contribution < -0.4 is 16.1 Å². The van der Waals surface area contributed by atoms with Gasteiger partial charge in [0.1, 0.15) is 12.2 Å². The molecule has 0 aromatic heterocycles. The van der Waals surface area contributed by atoms with E-state index in [2.05, 4.69) is 32.7 Å². The highest BCUT2D eigenvalue weighted by molar-refractivity contribution is 6.06. The summed E-state index contributed by atoms with van der Waals surface area (Å²) >= 11 is 0. The Hall–Kier alpha value is -3.29. The fraction of sp³-hybridized carbons (Fsp3) is 0.633. The number of fused-ring (bicyclic) bond motifs is 5. The van der Waals surface area contributed by atoms with Crippen LogP contribution in [0.4, 0.5) is 8.92 Å². The Morgan fingerprint density at radius 1 is 1.16 bits per heavy atom. The second kappa shape index (κ2) is 11.7. The van der Waals surface area contributed by atoms with Crippen LogP contribution in [0.1, 0.15) is 53.4 Å². The molecule has 3 fully saturated rings. The van der Waals surface area contributed by atoms with Gasteiger partial charge in [0.15, 0.2) is 11.5 Å². The fourth-order valence-corrected chi connectivity index (χ4v) is 8.10. The minimum atomic E-state index is -2.12. The van der Waals surface area contributed by atoms with Crippen molar-refractivity contribution in [3.05, 3.63) is 36.0 Å². The van der Waals surface area contributed by atoms with Crippen LogP contribution in [0.2, 0.25) is 0 Å². The zero-order valence-corrected chi connectivity index (χ0v) is 24.8. The number of nitrogens with one attached hydrogen (secondary N) is 3. The van der Waals surface area contributed by atoms with Crippen molar-refractivity contribution in [1.82, 2.24) is 16.1 Å². The van der Waals surface area contributed by atoms with Crippen LogP contribution in [0.15, 0.2) is 41.1 Å². The standard InChI is InChI=1S/C30H40F2N4O7/c1-16(2)26(41)34-13-24(39)33-14-25(40)36-35-19-8-9-27(4)18(11-19)6-7-20-21-10-17(3)30(42,23(38)15-43-32)28(21,5)12-22(37)29(20,27)31/h8-9,11,17,20-22,37,42H,1,6-7,10,12-15H2,2-5H3,(H,33,39)(H,34,41)(H,36,40)/b35-19-/t17-,20?,21+,22?,27?,28?,29+,30+/m1/s1. The first-order valence-corrected chi connectivity index (χ1v) is 14.4. The van der Waals surface area contributed by atoms with Gasteiger partial charge in [-0.2, -0.15) is 10.0 Å². The third-order valence-electron chi connectivity index (χ3n) is 10.4. The molecule has 0 aliphatic heterocycles. The van der Waals surface area contributed by atoms with E-state index < -0.39 is 76.1 Å². The summed E-state index contributed by atoms with van der Waals surface area (Å²) in [5, 5.41) is 31.9. The summed E-state index contributed by atoms with van der Waals surface area (Å²) in [7, 11) is 0. The largest absolute Gasteiger partial charge is 0.390 e. The van der Waals surface area contributed by atoms with Crippen LogP contribution in [-0.4, -0.2) is 76.5 Å². The molecule has 0 radical (unpaired) electrons.